The summed E-state index contributed by atoms with van der Waals surface area (Å²) in [6, 6.07) is 14.2. The fraction of sp³-hybridized carbons (Fsp3) is 0.222. The van der Waals surface area contributed by atoms with Crippen molar-refractivity contribution in [3.8, 4) is 23.3 Å². The molecule has 0 fully saturated rings. The number of nitriles is 2. The largest absolute Gasteiger partial charge is 0.397 e. The molecule has 2 N–H and O–H groups in total. The van der Waals surface area contributed by atoms with Gasteiger partial charge in [0.2, 0.25) is 0 Å². The Balaban J connectivity index is 2.65. The number of anilines is 1. The predicted molar refractivity (Wildman–Crippen MR) is 84.5 cm³/mol. The maximum Gasteiger partial charge on any atom is 0.102 e. The summed E-state index contributed by atoms with van der Waals surface area (Å²) in [6.07, 6.45) is 0. The van der Waals surface area contributed by atoms with Crippen LogP contribution >= 0.6 is 0 Å². The summed E-state index contributed by atoms with van der Waals surface area (Å²) in [4.78, 5) is 0. The van der Waals surface area contributed by atoms with E-state index in [1.54, 1.807) is 0 Å². The number of nitrogen functional groups attached to an aromatic ring is 1. The summed E-state index contributed by atoms with van der Waals surface area (Å²) < 4.78 is 0. The monoisotopic (exact) mass is 275 g/mol. The minimum atomic E-state index is 0.267. The first-order chi connectivity index (χ1) is 9.99. The van der Waals surface area contributed by atoms with Gasteiger partial charge in [-0.1, -0.05) is 38.1 Å². The molecule has 0 unspecified atom stereocenters. The summed E-state index contributed by atoms with van der Waals surface area (Å²) >= 11 is 0. The van der Waals surface area contributed by atoms with Gasteiger partial charge in [0.05, 0.1) is 16.8 Å². The van der Waals surface area contributed by atoms with Crippen LogP contribution < -0.4 is 5.73 Å². The van der Waals surface area contributed by atoms with E-state index in [-0.39, 0.29) is 5.69 Å². The third kappa shape index (κ3) is 2.59. The van der Waals surface area contributed by atoms with E-state index in [9.17, 15) is 5.26 Å². The van der Waals surface area contributed by atoms with Gasteiger partial charge in [0, 0.05) is 5.56 Å². The number of nitrogens with zero attached hydrogens (tertiary/aromatic N) is 2. The van der Waals surface area contributed by atoms with Gasteiger partial charge in [-0.25, -0.2) is 0 Å². The molecule has 0 radical (unpaired) electrons. The number of benzene rings is 2. The van der Waals surface area contributed by atoms with Crippen molar-refractivity contribution in [2.75, 3.05) is 5.73 Å². The number of hydrogen-bond donors (Lipinski definition) is 1. The summed E-state index contributed by atoms with van der Waals surface area (Å²) in [7, 11) is 0. The molecule has 0 atom stereocenters. The Kier molecular flexibility index (Phi) is 3.96. The lowest BCUT2D eigenvalue weighted by atomic mass is 9.92. The second-order valence-corrected chi connectivity index (χ2v) is 5.41. The van der Waals surface area contributed by atoms with E-state index < -0.39 is 0 Å². The van der Waals surface area contributed by atoms with Crippen LogP contribution in [0.2, 0.25) is 0 Å². The van der Waals surface area contributed by atoms with Crippen LogP contribution in [0, 0.1) is 29.6 Å². The van der Waals surface area contributed by atoms with Crippen LogP contribution in [0.1, 0.15) is 42.0 Å². The average Bonchev–Trinajstić information content (AvgIpc) is 2.47. The van der Waals surface area contributed by atoms with Crippen molar-refractivity contribution < 1.29 is 0 Å². The molecule has 0 aliphatic heterocycles. The van der Waals surface area contributed by atoms with Crippen LogP contribution in [0.5, 0.6) is 0 Å². The molecule has 0 aliphatic rings. The Bertz CT molecular complexity index is 757. The maximum atomic E-state index is 9.37. The molecular weight excluding hydrogens is 258 g/mol. The lowest BCUT2D eigenvalue weighted by Crippen LogP contribution is -2.00. The zero-order chi connectivity index (χ0) is 15.6. The Morgan fingerprint density at radius 3 is 2.05 bits per heavy atom. The van der Waals surface area contributed by atoms with E-state index in [0.717, 1.165) is 16.7 Å². The highest BCUT2D eigenvalue weighted by atomic mass is 14.6. The molecule has 0 bridgehead atoms. The van der Waals surface area contributed by atoms with E-state index in [4.69, 9.17) is 11.0 Å². The Morgan fingerprint density at radius 1 is 1.00 bits per heavy atom. The third-order valence-electron chi connectivity index (χ3n) is 3.68. The van der Waals surface area contributed by atoms with Gasteiger partial charge >= 0.3 is 0 Å². The number of aryl methyl sites for hydroxylation is 1. The van der Waals surface area contributed by atoms with Crippen molar-refractivity contribution in [3.05, 3.63) is 52.6 Å². The lowest BCUT2D eigenvalue weighted by Gasteiger charge is -2.12. The molecule has 0 saturated carbocycles. The van der Waals surface area contributed by atoms with E-state index >= 15 is 0 Å². The minimum Gasteiger partial charge on any atom is -0.397 e. The molecule has 0 heterocycles. The molecule has 2 rings (SSSR count). The molecule has 0 spiro atoms. The van der Waals surface area contributed by atoms with Crippen LogP contribution in [-0.2, 0) is 0 Å². The van der Waals surface area contributed by atoms with Gasteiger partial charge in [-0.05, 0) is 35.6 Å². The van der Waals surface area contributed by atoms with Crippen LogP contribution in [0.25, 0.3) is 11.1 Å². The molecule has 21 heavy (non-hydrogen) atoms. The summed E-state index contributed by atoms with van der Waals surface area (Å²) in [6.45, 7) is 6.11. The molecule has 0 aromatic heterocycles. The van der Waals surface area contributed by atoms with Crippen LogP contribution in [0.15, 0.2) is 30.3 Å². The van der Waals surface area contributed by atoms with Gasteiger partial charge in [0.25, 0.3) is 0 Å². The van der Waals surface area contributed by atoms with E-state index in [2.05, 4.69) is 38.1 Å². The van der Waals surface area contributed by atoms with Crippen molar-refractivity contribution in [1.29, 1.82) is 10.5 Å². The molecule has 3 heteroatoms. The van der Waals surface area contributed by atoms with Gasteiger partial charge in [-0.2, -0.15) is 10.5 Å². The predicted octanol–water partition coefficient (Wildman–Crippen LogP) is 4.11. The highest BCUT2D eigenvalue weighted by Crippen LogP contribution is 2.32. The molecule has 3 nitrogen and oxygen atoms in total. The van der Waals surface area contributed by atoms with Gasteiger partial charge in [-0.15, -0.1) is 0 Å². The van der Waals surface area contributed by atoms with Gasteiger partial charge < -0.3 is 5.73 Å². The quantitative estimate of drug-likeness (QED) is 0.838. The fourth-order valence-corrected chi connectivity index (χ4v) is 2.39. The lowest BCUT2D eigenvalue weighted by molar-refractivity contribution is 0.867. The number of rotatable bonds is 2. The summed E-state index contributed by atoms with van der Waals surface area (Å²) in [5.41, 5.74) is 10.8. The molecule has 104 valence electrons. The summed E-state index contributed by atoms with van der Waals surface area (Å²) in [5, 5.41) is 18.5. The second-order valence-electron chi connectivity index (χ2n) is 5.41. The molecule has 0 amide bonds. The van der Waals surface area contributed by atoms with Crippen LogP contribution in [0.4, 0.5) is 5.69 Å². The standard InChI is InChI=1S/C18H17N3/c1-11(2)13-4-6-14(7-5-13)15-8-12(3)16(9-19)18(21)17(15)10-20/h4-8,11H,21H2,1-3H3. The van der Waals surface area contributed by atoms with Gasteiger partial charge in [0.15, 0.2) is 0 Å². The van der Waals surface area contributed by atoms with Crippen molar-refractivity contribution in [3.63, 3.8) is 0 Å². The first-order valence-corrected chi connectivity index (χ1v) is 6.83. The van der Waals surface area contributed by atoms with E-state index in [1.807, 2.05) is 25.1 Å². The Labute approximate surface area is 125 Å². The normalized spacial score (nSPS) is 10.2. The maximum absolute atomic E-state index is 9.37. The minimum absolute atomic E-state index is 0.267. The zero-order valence-electron chi connectivity index (χ0n) is 12.4. The SMILES string of the molecule is Cc1cc(-c2ccc(C(C)C)cc2)c(C#N)c(N)c1C#N. The highest BCUT2D eigenvalue weighted by Gasteiger charge is 2.15. The molecule has 2 aromatic carbocycles. The van der Waals surface area contributed by atoms with Crippen molar-refractivity contribution in [1.82, 2.24) is 0 Å². The Morgan fingerprint density at radius 2 is 1.57 bits per heavy atom. The second kappa shape index (κ2) is 5.69. The van der Waals surface area contributed by atoms with Gasteiger partial charge in [0.1, 0.15) is 12.1 Å². The smallest absolute Gasteiger partial charge is 0.102 e. The molecule has 0 saturated heterocycles. The highest BCUT2D eigenvalue weighted by molar-refractivity contribution is 5.81. The average molecular weight is 275 g/mol. The first-order valence-electron chi connectivity index (χ1n) is 6.83. The van der Waals surface area contributed by atoms with Gasteiger partial charge in [-0.3, -0.25) is 0 Å². The topological polar surface area (TPSA) is 73.6 Å². The Hall–Kier alpha value is -2.78. The number of hydrogen-bond acceptors (Lipinski definition) is 3. The third-order valence-corrected chi connectivity index (χ3v) is 3.68. The molecular formula is C18H17N3. The molecule has 0 aliphatic carbocycles. The zero-order valence-corrected chi connectivity index (χ0v) is 12.4. The van der Waals surface area contributed by atoms with E-state index in [0.29, 0.717) is 17.0 Å². The molecule has 2 aromatic rings. The van der Waals surface area contributed by atoms with Crippen molar-refractivity contribution >= 4 is 5.69 Å². The van der Waals surface area contributed by atoms with E-state index in [1.165, 1.54) is 5.56 Å². The van der Waals surface area contributed by atoms with Crippen LogP contribution in [0.3, 0.4) is 0 Å². The first kappa shape index (κ1) is 14.6. The van der Waals surface area contributed by atoms with Crippen molar-refractivity contribution in [2.24, 2.45) is 0 Å². The number of nitrogens with two attached hydrogens (primary N) is 1. The van der Waals surface area contributed by atoms with Crippen molar-refractivity contribution in [2.45, 2.75) is 26.7 Å². The summed E-state index contributed by atoms with van der Waals surface area (Å²) in [5.74, 6) is 0.460. The fourth-order valence-electron chi connectivity index (χ4n) is 2.39. The van der Waals surface area contributed by atoms with Crippen LogP contribution in [-0.4, -0.2) is 0 Å².